The van der Waals surface area contributed by atoms with Gasteiger partial charge in [0, 0.05) is 42.0 Å². The summed E-state index contributed by atoms with van der Waals surface area (Å²) >= 11 is 0. The molecule has 0 atom stereocenters. The summed E-state index contributed by atoms with van der Waals surface area (Å²) in [6.07, 6.45) is 6.97. The summed E-state index contributed by atoms with van der Waals surface area (Å²) in [6.45, 7) is 0. The molecule has 0 radical (unpaired) electrons. The van der Waals surface area contributed by atoms with Crippen molar-refractivity contribution in [3.05, 3.63) is 66.6 Å². The topological polar surface area (TPSA) is 82.8 Å². The molecule has 3 heterocycles. The lowest BCUT2D eigenvalue weighted by molar-refractivity contribution is 0.0990. The normalized spacial score (nSPS) is 10.9. The number of hydrogen-bond donors (Lipinski definition) is 0. The molecule has 4 rings (SSSR count). The number of fused-ring (bicyclic) bond motifs is 1. The summed E-state index contributed by atoms with van der Waals surface area (Å²) in [7, 11) is 3.46. The SMILES string of the molecule is COc1cc(C(=O)Cc2ncc3ccc(-c4cncn4C)cc3n2)ccn1. The van der Waals surface area contributed by atoms with Gasteiger partial charge in [0.15, 0.2) is 5.78 Å². The van der Waals surface area contributed by atoms with Crippen molar-refractivity contribution in [2.75, 3.05) is 7.11 Å². The number of rotatable bonds is 5. The Labute approximate surface area is 155 Å². The number of methoxy groups -OCH3 is 1. The van der Waals surface area contributed by atoms with Crippen molar-refractivity contribution in [3.63, 3.8) is 0 Å². The first kappa shape index (κ1) is 16.8. The molecule has 4 aromatic rings. The Hall–Kier alpha value is -3.61. The van der Waals surface area contributed by atoms with Crippen molar-refractivity contribution in [2.24, 2.45) is 7.05 Å². The van der Waals surface area contributed by atoms with Crippen LogP contribution >= 0.6 is 0 Å². The van der Waals surface area contributed by atoms with E-state index in [1.165, 1.54) is 7.11 Å². The number of hydrogen-bond acceptors (Lipinski definition) is 6. The molecule has 0 amide bonds. The van der Waals surface area contributed by atoms with Crippen LogP contribution < -0.4 is 4.74 Å². The monoisotopic (exact) mass is 359 g/mol. The minimum absolute atomic E-state index is 0.0853. The lowest BCUT2D eigenvalue weighted by atomic mass is 10.1. The Morgan fingerprint density at radius 3 is 2.81 bits per heavy atom. The Kier molecular flexibility index (Phi) is 4.33. The van der Waals surface area contributed by atoms with E-state index >= 15 is 0 Å². The van der Waals surface area contributed by atoms with E-state index in [0.717, 1.165) is 22.2 Å². The van der Waals surface area contributed by atoms with Crippen LogP contribution in [0.25, 0.3) is 22.2 Å². The van der Waals surface area contributed by atoms with Gasteiger partial charge >= 0.3 is 0 Å². The lowest BCUT2D eigenvalue weighted by Gasteiger charge is -2.06. The predicted octanol–water partition coefficient (Wildman–Crippen LogP) is 2.86. The number of pyridine rings is 1. The number of carbonyl (C=O) groups is 1. The van der Waals surface area contributed by atoms with E-state index in [-0.39, 0.29) is 12.2 Å². The molecule has 0 N–H and O–H groups in total. The molecule has 27 heavy (non-hydrogen) atoms. The molecule has 134 valence electrons. The summed E-state index contributed by atoms with van der Waals surface area (Å²) in [5.41, 5.74) is 3.32. The predicted molar refractivity (Wildman–Crippen MR) is 101 cm³/mol. The van der Waals surface area contributed by atoms with E-state index in [1.54, 1.807) is 30.9 Å². The van der Waals surface area contributed by atoms with Crippen LogP contribution in [0.1, 0.15) is 16.2 Å². The van der Waals surface area contributed by atoms with Gasteiger partial charge in [-0.25, -0.2) is 19.9 Å². The first-order chi connectivity index (χ1) is 13.1. The van der Waals surface area contributed by atoms with Gasteiger partial charge in [-0.15, -0.1) is 0 Å². The molecule has 0 bridgehead atoms. The van der Waals surface area contributed by atoms with Crippen LogP contribution in [0, 0.1) is 0 Å². The number of benzene rings is 1. The van der Waals surface area contributed by atoms with Crippen LogP contribution in [0.5, 0.6) is 5.88 Å². The second-order valence-electron chi connectivity index (χ2n) is 6.14. The van der Waals surface area contributed by atoms with Gasteiger partial charge in [0.05, 0.1) is 37.3 Å². The van der Waals surface area contributed by atoms with Crippen molar-refractivity contribution in [1.82, 2.24) is 24.5 Å². The second-order valence-corrected chi connectivity index (χ2v) is 6.14. The van der Waals surface area contributed by atoms with Crippen LogP contribution in [0.4, 0.5) is 0 Å². The minimum Gasteiger partial charge on any atom is -0.481 e. The van der Waals surface area contributed by atoms with Crippen LogP contribution in [0.15, 0.2) is 55.2 Å². The number of ketones is 1. The van der Waals surface area contributed by atoms with Gasteiger partial charge in [0.25, 0.3) is 0 Å². The average Bonchev–Trinajstić information content (AvgIpc) is 3.13. The third kappa shape index (κ3) is 3.39. The van der Waals surface area contributed by atoms with Crippen molar-refractivity contribution < 1.29 is 9.53 Å². The van der Waals surface area contributed by atoms with Crippen molar-refractivity contribution in [3.8, 4) is 17.1 Å². The molecular weight excluding hydrogens is 342 g/mol. The Morgan fingerprint density at radius 1 is 1.15 bits per heavy atom. The molecule has 0 saturated carbocycles. The van der Waals surface area contributed by atoms with Crippen LogP contribution in [0.3, 0.4) is 0 Å². The fourth-order valence-corrected chi connectivity index (χ4v) is 2.88. The average molecular weight is 359 g/mol. The highest BCUT2D eigenvalue weighted by Crippen LogP contribution is 2.23. The second kappa shape index (κ2) is 6.95. The highest BCUT2D eigenvalue weighted by molar-refractivity contribution is 5.97. The first-order valence-corrected chi connectivity index (χ1v) is 8.39. The summed E-state index contributed by atoms with van der Waals surface area (Å²) in [5, 5.41) is 0.919. The molecule has 0 spiro atoms. The zero-order valence-electron chi connectivity index (χ0n) is 15.0. The Balaban J connectivity index is 1.64. The Bertz CT molecular complexity index is 1140. The number of aryl methyl sites for hydroxylation is 1. The van der Waals surface area contributed by atoms with Gasteiger partial charge in [-0.05, 0) is 12.1 Å². The standard InChI is InChI=1S/C20H17N5O2/c1-25-12-21-11-17(25)13-3-4-15-10-23-19(24-16(15)7-13)9-18(26)14-5-6-22-20(8-14)27-2/h3-8,10-12H,9H2,1-2H3. The highest BCUT2D eigenvalue weighted by Gasteiger charge is 2.12. The van der Waals surface area contributed by atoms with Gasteiger partial charge in [-0.2, -0.15) is 0 Å². The maximum absolute atomic E-state index is 12.5. The fraction of sp³-hybridized carbons (Fsp3) is 0.150. The van der Waals surface area contributed by atoms with Crippen molar-refractivity contribution in [2.45, 2.75) is 6.42 Å². The van der Waals surface area contributed by atoms with E-state index < -0.39 is 0 Å². The zero-order valence-corrected chi connectivity index (χ0v) is 15.0. The van der Waals surface area contributed by atoms with Gasteiger partial charge in [0.2, 0.25) is 5.88 Å². The Morgan fingerprint density at radius 2 is 2.04 bits per heavy atom. The maximum atomic E-state index is 12.5. The number of nitrogens with zero attached hydrogens (tertiary/aromatic N) is 5. The summed E-state index contributed by atoms with van der Waals surface area (Å²) in [4.78, 5) is 29.6. The molecule has 0 unspecified atom stereocenters. The van der Waals surface area contributed by atoms with Crippen LogP contribution in [-0.4, -0.2) is 37.4 Å². The third-order valence-corrected chi connectivity index (χ3v) is 4.33. The van der Waals surface area contributed by atoms with Crippen LogP contribution in [0.2, 0.25) is 0 Å². The molecule has 3 aromatic heterocycles. The van der Waals surface area contributed by atoms with E-state index in [0.29, 0.717) is 17.3 Å². The zero-order chi connectivity index (χ0) is 18.8. The summed E-state index contributed by atoms with van der Waals surface area (Å²) in [6, 6.07) is 9.24. The molecule has 0 aliphatic heterocycles. The molecular formula is C20H17N5O2. The quantitative estimate of drug-likeness (QED) is 0.510. The van der Waals surface area contributed by atoms with Crippen LogP contribution in [-0.2, 0) is 13.5 Å². The molecule has 0 aliphatic carbocycles. The van der Waals surface area contributed by atoms with E-state index in [2.05, 4.69) is 19.9 Å². The molecule has 7 nitrogen and oxygen atoms in total. The summed E-state index contributed by atoms with van der Waals surface area (Å²) in [5.74, 6) is 0.796. The molecule has 0 saturated heterocycles. The number of carbonyl (C=O) groups excluding carboxylic acids is 1. The van der Waals surface area contributed by atoms with E-state index in [9.17, 15) is 4.79 Å². The summed E-state index contributed by atoms with van der Waals surface area (Å²) < 4.78 is 7.02. The number of ether oxygens (including phenoxy) is 1. The number of imidazole rings is 1. The van der Waals surface area contributed by atoms with Gasteiger partial charge in [-0.1, -0.05) is 12.1 Å². The molecule has 7 heteroatoms. The van der Waals surface area contributed by atoms with Gasteiger partial charge in [-0.3, -0.25) is 4.79 Å². The largest absolute Gasteiger partial charge is 0.481 e. The molecule has 0 fully saturated rings. The highest BCUT2D eigenvalue weighted by atomic mass is 16.5. The van der Waals surface area contributed by atoms with Crippen molar-refractivity contribution in [1.29, 1.82) is 0 Å². The first-order valence-electron chi connectivity index (χ1n) is 8.39. The molecule has 0 aliphatic rings. The lowest BCUT2D eigenvalue weighted by Crippen LogP contribution is -2.07. The smallest absolute Gasteiger partial charge is 0.213 e. The van der Waals surface area contributed by atoms with E-state index in [4.69, 9.17) is 4.74 Å². The van der Waals surface area contributed by atoms with E-state index in [1.807, 2.05) is 36.0 Å². The van der Waals surface area contributed by atoms with Gasteiger partial charge in [0.1, 0.15) is 5.82 Å². The number of Topliss-reactive ketones (excluding diaryl/α,β-unsaturated/α-hetero) is 1. The molecule has 1 aromatic carbocycles. The maximum Gasteiger partial charge on any atom is 0.213 e. The number of aromatic nitrogens is 5. The van der Waals surface area contributed by atoms with Gasteiger partial charge < -0.3 is 9.30 Å². The minimum atomic E-state index is -0.0853. The fourth-order valence-electron chi connectivity index (χ4n) is 2.88. The third-order valence-electron chi connectivity index (χ3n) is 4.33. The van der Waals surface area contributed by atoms with Crippen molar-refractivity contribution >= 4 is 16.7 Å².